The zero-order valence-electron chi connectivity index (χ0n) is 19.1. The second kappa shape index (κ2) is 12.3. The van der Waals surface area contributed by atoms with Crippen molar-refractivity contribution in [2.24, 2.45) is 11.7 Å². The standard InChI is InChI=1S/C27H36F3NO/c1-2-7-19-8-10-20(11-9-19)21-16-25(29)27(26(30)17-21)23-13-12-22(18-24(23)28)32-15-6-4-3-5-14-31/h12-13,16-20H,2-11,14-15,31H2,1H3. The molecule has 176 valence electrons. The summed E-state index contributed by atoms with van der Waals surface area (Å²) < 4.78 is 50.2. The normalized spacial score (nSPS) is 18.7. The maximum atomic E-state index is 14.9. The molecule has 0 radical (unpaired) electrons. The highest BCUT2D eigenvalue weighted by Gasteiger charge is 2.25. The Bertz CT molecular complexity index is 839. The minimum absolute atomic E-state index is 0.0755. The highest BCUT2D eigenvalue weighted by Crippen LogP contribution is 2.40. The van der Waals surface area contributed by atoms with Gasteiger partial charge in [-0.2, -0.15) is 0 Å². The molecule has 0 atom stereocenters. The number of rotatable bonds is 11. The molecule has 0 aliphatic heterocycles. The zero-order chi connectivity index (χ0) is 22.9. The quantitative estimate of drug-likeness (QED) is 0.358. The van der Waals surface area contributed by atoms with Crippen LogP contribution in [0.2, 0.25) is 0 Å². The molecule has 0 heterocycles. The Morgan fingerprint density at radius 1 is 0.875 bits per heavy atom. The van der Waals surface area contributed by atoms with Crippen LogP contribution in [0.15, 0.2) is 30.3 Å². The molecule has 2 aromatic rings. The second-order valence-electron chi connectivity index (χ2n) is 9.06. The van der Waals surface area contributed by atoms with E-state index in [2.05, 4.69) is 6.92 Å². The third-order valence-corrected chi connectivity index (χ3v) is 6.66. The van der Waals surface area contributed by atoms with Gasteiger partial charge in [0.25, 0.3) is 0 Å². The van der Waals surface area contributed by atoms with Crippen molar-refractivity contribution >= 4 is 0 Å². The van der Waals surface area contributed by atoms with Crippen LogP contribution in [0.1, 0.15) is 82.6 Å². The second-order valence-corrected chi connectivity index (χ2v) is 9.06. The molecular formula is C27H36F3NO. The van der Waals surface area contributed by atoms with Crippen LogP contribution >= 0.6 is 0 Å². The molecule has 3 rings (SSSR count). The third-order valence-electron chi connectivity index (χ3n) is 6.66. The van der Waals surface area contributed by atoms with Crippen molar-refractivity contribution in [1.82, 2.24) is 0 Å². The van der Waals surface area contributed by atoms with Gasteiger partial charge in [0.05, 0.1) is 12.2 Å². The summed E-state index contributed by atoms with van der Waals surface area (Å²) in [4.78, 5) is 0. The van der Waals surface area contributed by atoms with Gasteiger partial charge in [-0.1, -0.05) is 32.6 Å². The van der Waals surface area contributed by atoms with Gasteiger partial charge in [0, 0.05) is 11.6 Å². The highest BCUT2D eigenvalue weighted by atomic mass is 19.1. The topological polar surface area (TPSA) is 35.2 Å². The van der Waals surface area contributed by atoms with Gasteiger partial charge in [0.15, 0.2) is 0 Å². The molecule has 0 aromatic heterocycles. The van der Waals surface area contributed by atoms with Gasteiger partial charge in [-0.05, 0) is 86.7 Å². The summed E-state index contributed by atoms with van der Waals surface area (Å²) in [7, 11) is 0. The van der Waals surface area contributed by atoms with Gasteiger partial charge >= 0.3 is 0 Å². The number of ether oxygens (including phenoxy) is 1. The molecule has 1 saturated carbocycles. The molecule has 2 N–H and O–H groups in total. The average Bonchev–Trinajstić information content (AvgIpc) is 2.77. The smallest absolute Gasteiger partial charge is 0.134 e. The number of hydrogen-bond donors (Lipinski definition) is 1. The van der Waals surface area contributed by atoms with Crippen LogP contribution in [0.4, 0.5) is 13.2 Å². The van der Waals surface area contributed by atoms with Crippen molar-refractivity contribution in [3.63, 3.8) is 0 Å². The zero-order valence-corrected chi connectivity index (χ0v) is 19.1. The van der Waals surface area contributed by atoms with Crippen molar-refractivity contribution in [2.75, 3.05) is 13.2 Å². The summed E-state index contributed by atoms with van der Waals surface area (Å²) in [5, 5.41) is 0. The summed E-state index contributed by atoms with van der Waals surface area (Å²) >= 11 is 0. The molecule has 1 aliphatic rings. The summed E-state index contributed by atoms with van der Waals surface area (Å²) in [6, 6.07) is 6.97. The van der Waals surface area contributed by atoms with E-state index in [1.165, 1.54) is 37.1 Å². The SMILES string of the molecule is CCCC1CCC(c2cc(F)c(-c3ccc(OCCCCCCN)cc3F)c(F)c2)CC1. The lowest BCUT2D eigenvalue weighted by molar-refractivity contribution is 0.303. The molecule has 0 saturated heterocycles. The molecule has 0 amide bonds. The van der Waals surface area contributed by atoms with Crippen molar-refractivity contribution in [1.29, 1.82) is 0 Å². The van der Waals surface area contributed by atoms with E-state index in [0.29, 0.717) is 24.5 Å². The first-order valence-electron chi connectivity index (χ1n) is 12.1. The van der Waals surface area contributed by atoms with Crippen LogP contribution in [-0.2, 0) is 0 Å². The Labute approximate surface area is 190 Å². The first kappa shape index (κ1) is 24.6. The largest absolute Gasteiger partial charge is 0.493 e. The molecule has 2 nitrogen and oxygen atoms in total. The van der Waals surface area contributed by atoms with Gasteiger partial charge in [-0.15, -0.1) is 0 Å². The lowest BCUT2D eigenvalue weighted by Gasteiger charge is -2.29. The molecular weight excluding hydrogens is 411 g/mol. The first-order chi connectivity index (χ1) is 15.5. The molecule has 2 aromatic carbocycles. The van der Waals surface area contributed by atoms with E-state index in [-0.39, 0.29) is 17.0 Å². The average molecular weight is 448 g/mol. The Kier molecular flexibility index (Phi) is 9.46. The summed E-state index contributed by atoms with van der Waals surface area (Å²) in [6.45, 7) is 3.35. The Morgan fingerprint density at radius 2 is 1.56 bits per heavy atom. The number of benzene rings is 2. The fourth-order valence-electron chi connectivity index (χ4n) is 4.86. The van der Waals surface area contributed by atoms with Crippen molar-refractivity contribution in [3.8, 4) is 16.9 Å². The monoisotopic (exact) mass is 447 g/mol. The first-order valence-corrected chi connectivity index (χ1v) is 12.1. The predicted molar refractivity (Wildman–Crippen MR) is 124 cm³/mol. The van der Waals surface area contributed by atoms with Crippen LogP contribution in [-0.4, -0.2) is 13.2 Å². The van der Waals surface area contributed by atoms with Crippen molar-refractivity contribution in [3.05, 3.63) is 53.3 Å². The van der Waals surface area contributed by atoms with Gasteiger partial charge < -0.3 is 10.5 Å². The maximum Gasteiger partial charge on any atom is 0.134 e. The van der Waals surface area contributed by atoms with E-state index < -0.39 is 17.5 Å². The number of nitrogens with two attached hydrogens (primary N) is 1. The van der Waals surface area contributed by atoms with Crippen LogP contribution in [0.5, 0.6) is 5.75 Å². The van der Waals surface area contributed by atoms with Crippen molar-refractivity contribution < 1.29 is 17.9 Å². The Hall–Kier alpha value is -2.01. The number of hydrogen-bond acceptors (Lipinski definition) is 2. The minimum atomic E-state index is -0.705. The van der Waals surface area contributed by atoms with Crippen LogP contribution in [0, 0.1) is 23.4 Å². The minimum Gasteiger partial charge on any atom is -0.493 e. The molecule has 5 heteroatoms. The fraction of sp³-hybridized carbons (Fsp3) is 0.556. The van der Waals surface area contributed by atoms with E-state index in [0.717, 1.165) is 57.3 Å². The molecule has 0 unspecified atom stereocenters. The summed E-state index contributed by atoms with van der Waals surface area (Å²) in [6.07, 6.45) is 10.4. The van der Waals surface area contributed by atoms with E-state index in [9.17, 15) is 13.2 Å². The molecule has 32 heavy (non-hydrogen) atoms. The van der Waals surface area contributed by atoms with E-state index in [1.54, 1.807) is 6.07 Å². The van der Waals surface area contributed by atoms with Crippen LogP contribution in [0.3, 0.4) is 0 Å². The lowest BCUT2D eigenvalue weighted by Crippen LogP contribution is -2.13. The maximum absolute atomic E-state index is 14.9. The summed E-state index contributed by atoms with van der Waals surface area (Å²) in [5.74, 6) is -0.827. The summed E-state index contributed by atoms with van der Waals surface area (Å²) in [5.41, 5.74) is 5.78. The molecule has 1 aliphatic carbocycles. The van der Waals surface area contributed by atoms with E-state index in [1.807, 2.05) is 0 Å². The Balaban J connectivity index is 1.66. The Morgan fingerprint density at radius 3 is 2.19 bits per heavy atom. The lowest BCUT2D eigenvalue weighted by atomic mass is 9.77. The number of halogens is 3. The predicted octanol–water partition coefficient (Wildman–Crippen LogP) is 7.74. The van der Waals surface area contributed by atoms with Crippen LogP contribution in [0.25, 0.3) is 11.1 Å². The van der Waals surface area contributed by atoms with Gasteiger partial charge in [0.2, 0.25) is 0 Å². The molecule has 1 fully saturated rings. The van der Waals surface area contributed by atoms with Gasteiger partial charge in [-0.3, -0.25) is 0 Å². The third kappa shape index (κ3) is 6.50. The van der Waals surface area contributed by atoms with Crippen molar-refractivity contribution in [2.45, 2.75) is 77.0 Å². The molecule has 0 spiro atoms. The number of unbranched alkanes of at least 4 members (excludes halogenated alkanes) is 3. The van der Waals surface area contributed by atoms with Gasteiger partial charge in [0.1, 0.15) is 23.2 Å². The van der Waals surface area contributed by atoms with Gasteiger partial charge in [-0.25, -0.2) is 13.2 Å². The van der Waals surface area contributed by atoms with Crippen LogP contribution < -0.4 is 10.5 Å². The molecule has 0 bridgehead atoms. The highest BCUT2D eigenvalue weighted by molar-refractivity contribution is 5.67. The van der Waals surface area contributed by atoms with E-state index >= 15 is 0 Å². The fourth-order valence-corrected chi connectivity index (χ4v) is 4.86. The van der Waals surface area contributed by atoms with E-state index in [4.69, 9.17) is 10.5 Å².